The summed E-state index contributed by atoms with van der Waals surface area (Å²) in [4.78, 5) is 14.1. The van der Waals surface area contributed by atoms with Crippen molar-refractivity contribution < 1.29 is 9.90 Å². The number of amides is 2. The minimum Gasteiger partial charge on any atom is -0.394 e. The Morgan fingerprint density at radius 1 is 1.38 bits per heavy atom. The number of hydrogen-bond acceptors (Lipinski definition) is 3. The molecule has 2 heterocycles. The summed E-state index contributed by atoms with van der Waals surface area (Å²) >= 11 is 0. The number of benzene rings is 1. The van der Waals surface area contributed by atoms with Crippen LogP contribution >= 0.6 is 0 Å². The van der Waals surface area contributed by atoms with Gasteiger partial charge in [-0.1, -0.05) is 18.2 Å². The number of carbonyl (C=O) groups excluding carboxylic acids is 1. The smallest absolute Gasteiger partial charge is 0.317 e. The maximum absolute atomic E-state index is 12.4. The molecule has 24 heavy (non-hydrogen) atoms. The van der Waals surface area contributed by atoms with Gasteiger partial charge in [0.2, 0.25) is 0 Å². The number of nitrogens with zero attached hydrogens (tertiary/aromatic N) is 3. The number of rotatable bonds is 4. The van der Waals surface area contributed by atoms with E-state index < -0.39 is 0 Å². The van der Waals surface area contributed by atoms with Gasteiger partial charge < -0.3 is 15.3 Å². The number of aliphatic hydroxyl groups excluding tert-OH is 1. The largest absolute Gasteiger partial charge is 0.394 e. The fourth-order valence-electron chi connectivity index (χ4n) is 3.30. The van der Waals surface area contributed by atoms with Crippen molar-refractivity contribution in [3.05, 3.63) is 47.3 Å². The quantitative estimate of drug-likeness (QED) is 0.903. The van der Waals surface area contributed by atoms with Crippen molar-refractivity contribution >= 4 is 6.03 Å². The maximum atomic E-state index is 12.4. The standard InChI is InChI=1S/C18H24N4O2/c1-13-10-14(2)22(20-13)17-8-4-3-6-15(17)11-19-18(24)21-9-5-7-16(21)12-23/h3-4,6,8,10,16,23H,5,7,9,11-12H2,1-2H3,(H,19,24). The summed E-state index contributed by atoms with van der Waals surface area (Å²) in [5.74, 6) is 0. The van der Waals surface area contributed by atoms with E-state index >= 15 is 0 Å². The number of para-hydroxylation sites is 1. The van der Waals surface area contributed by atoms with Gasteiger partial charge in [-0.3, -0.25) is 0 Å². The summed E-state index contributed by atoms with van der Waals surface area (Å²) in [5.41, 5.74) is 4.01. The van der Waals surface area contributed by atoms with E-state index in [1.54, 1.807) is 4.90 Å². The number of likely N-dealkylation sites (tertiary alicyclic amines) is 1. The number of aromatic nitrogens is 2. The van der Waals surface area contributed by atoms with Gasteiger partial charge in [0.05, 0.1) is 24.0 Å². The van der Waals surface area contributed by atoms with Crippen molar-refractivity contribution in [2.24, 2.45) is 0 Å². The zero-order valence-electron chi connectivity index (χ0n) is 14.2. The molecule has 1 saturated heterocycles. The zero-order chi connectivity index (χ0) is 17.1. The molecule has 128 valence electrons. The Balaban J connectivity index is 1.74. The lowest BCUT2D eigenvalue weighted by atomic mass is 10.1. The molecule has 6 nitrogen and oxygen atoms in total. The number of carbonyl (C=O) groups is 1. The molecule has 1 aromatic carbocycles. The van der Waals surface area contributed by atoms with Gasteiger partial charge >= 0.3 is 6.03 Å². The Hall–Kier alpha value is -2.34. The first kappa shape index (κ1) is 16.5. The van der Waals surface area contributed by atoms with Crippen LogP contribution < -0.4 is 5.32 Å². The average molecular weight is 328 g/mol. The highest BCUT2D eigenvalue weighted by Gasteiger charge is 2.27. The van der Waals surface area contributed by atoms with Crippen LogP contribution in [0.3, 0.4) is 0 Å². The molecule has 1 unspecified atom stereocenters. The molecule has 3 rings (SSSR count). The van der Waals surface area contributed by atoms with E-state index in [1.165, 1.54) is 0 Å². The Bertz CT molecular complexity index is 726. The SMILES string of the molecule is Cc1cc(C)n(-c2ccccc2CNC(=O)N2CCCC2CO)n1. The number of aryl methyl sites for hydroxylation is 2. The molecule has 0 spiro atoms. The third-order valence-electron chi connectivity index (χ3n) is 4.51. The lowest BCUT2D eigenvalue weighted by molar-refractivity contribution is 0.157. The first-order chi connectivity index (χ1) is 11.6. The Kier molecular flexibility index (Phi) is 4.85. The summed E-state index contributed by atoms with van der Waals surface area (Å²) in [6.07, 6.45) is 1.81. The fourth-order valence-corrected chi connectivity index (χ4v) is 3.30. The molecule has 0 aliphatic carbocycles. The third-order valence-corrected chi connectivity index (χ3v) is 4.51. The Labute approximate surface area is 142 Å². The average Bonchev–Trinajstić information content (AvgIpc) is 3.18. The van der Waals surface area contributed by atoms with Gasteiger partial charge in [0.1, 0.15) is 0 Å². The van der Waals surface area contributed by atoms with Crippen LogP contribution in [0, 0.1) is 13.8 Å². The van der Waals surface area contributed by atoms with Gasteiger partial charge in [0.25, 0.3) is 0 Å². The fraction of sp³-hybridized carbons (Fsp3) is 0.444. The van der Waals surface area contributed by atoms with Crippen LogP contribution in [0.15, 0.2) is 30.3 Å². The van der Waals surface area contributed by atoms with Crippen LogP contribution in [0.2, 0.25) is 0 Å². The normalized spacial score (nSPS) is 17.3. The predicted molar refractivity (Wildman–Crippen MR) is 92.1 cm³/mol. The topological polar surface area (TPSA) is 70.4 Å². The lowest BCUT2D eigenvalue weighted by Crippen LogP contribution is -2.43. The van der Waals surface area contributed by atoms with Crippen molar-refractivity contribution in [3.63, 3.8) is 0 Å². The van der Waals surface area contributed by atoms with E-state index in [0.717, 1.165) is 35.5 Å². The van der Waals surface area contributed by atoms with E-state index in [0.29, 0.717) is 13.1 Å². The lowest BCUT2D eigenvalue weighted by Gasteiger charge is -2.23. The van der Waals surface area contributed by atoms with E-state index in [4.69, 9.17) is 0 Å². The summed E-state index contributed by atoms with van der Waals surface area (Å²) in [5, 5.41) is 16.9. The van der Waals surface area contributed by atoms with Crippen molar-refractivity contribution in [1.82, 2.24) is 20.0 Å². The summed E-state index contributed by atoms with van der Waals surface area (Å²) in [6.45, 7) is 5.15. The van der Waals surface area contributed by atoms with Crippen LogP contribution in [0.1, 0.15) is 29.8 Å². The zero-order valence-corrected chi connectivity index (χ0v) is 14.2. The maximum Gasteiger partial charge on any atom is 0.317 e. The van der Waals surface area contributed by atoms with Gasteiger partial charge in [-0.25, -0.2) is 9.48 Å². The molecule has 2 N–H and O–H groups in total. The summed E-state index contributed by atoms with van der Waals surface area (Å²) < 4.78 is 1.91. The van der Waals surface area contributed by atoms with Crippen LogP contribution in [0.5, 0.6) is 0 Å². The number of urea groups is 1. The highest BCUT2D eigenvalue weighted by atomic mass is 16.3. The van der Waals surface area contributed by atoms with Crippen LogP contribution in [0.25, 0.3) is 5.69 Å². The van der Waals surface area contributed by atoms with Crippen LogP contribution in [0.4, 0.5) is 4.79 Å². The second-order valence-corrected chi connectivity index (χ2v) is 6.30. The molecular formula is C18H24N4O2. The molecule has 0 saturated carbocycles. The summed E-state index contributed by atoms with van der Waals surface area (Å²) in [7, 11) is 0. The molecule has 0 radical (unpaired) electrons. The molecular weight excluding hydrogens is 304 g/mol. The van der Waals surface area contributed by atoms with E-state index in [2.05, 4.69) is 10.4 Å². The molecule has 0 bridgehead atoms. The number of aliphatic hydroxyl groups is 1. The highest BCUT2D eigenvalue weighted by molar-refractivity contribution is 5.75. The van der Waals surface area contributed by atoms with Gasteiger partial charge in [-0.2, -0.15) is 5.10 Å². The first-order valence-electron chi connectivity index (χ1n) is 8.37. The minimum absolute atomic E-state index is 0.0236. The minimum atomic E-state index is -0.116. The first-order valence-corrected chi connectivity index (χ1v) is 8.37. The number of hydrogen-bond donors (Lipinski definition) is 2. The molecule has 1 aromatic heterocycles. The van der Waals surface area contributed by atoms with E-state index in [1.807, 2.05) is 48.9 Å². The molecule has 1 fully saturated rings. The number of nitrogens with one attached hydrogen (secondary N) is 1. The molecule has 1 aliphatic heterocycles. The van der Waals surface area contributed by atoms with Gasteiger partial charge in [0.15, 0.2) is 0 Å². The van der Waals surface area contributed by atoms with E-state index in [9.17, 15) is 9.90 Å². The summed E-state index contributed by atoms with van der Waals surface area (Å²) in [6, 6.07) is 9.80. The molecule has 2 amide bonds. The second kappa shape index (κ2) is 7.05. The molecule has 6 heteroatoms. The van der Waals surface area contributed by atoms with Crippen molar-refractivity contribution in [2.75, 3.05) is 13.2 Å². The predicted octanol–water partition coefficient (Wildman–Crippen LogP) is 2.16. The Morgan fingerprint density at radius 2 is 2.17 bits per heavy atom. The molecule has 1 atom stereocenters. The molecule has 1 aliphatic rings. The van der Waals surface area contributed by atoms with Crippen LogP contribution in [-0.4, -0.2) is 45.0 Å². The Morgan fingerprint density at radius 3 is 2.88 bits per heavy atom. The second-order valence-electron chi connectivity index (χ2n) is 6.30. The van der Waals surface area contributed by atoms with Gasteiger partial charge in [-0.05, 0) is 44.4 Å². The van der Waals surface area contributed by atoms with Crippen molar-refractivity contribution in [2.45, 2.75) is 39.3 Å². The van der Waals surface area contributed by atoms with Gasteiger partial charge in [-0.15, -0.1) is 0 Å². The van der Waals surface area contributed by atoms with Gasteiger partial charge in [0, 0.05) is 18.8 Å². The van der Waals surface area contributed by atoms with Crippen LogP contribution in [-0.2, 0) is 6.54 Å². The highest BCUT2D eigenvalue weighted by Crippen LogP contribution is 2.19. The molecule has 2 aromatic rings. The van der Waals surface area contributed by atoms with Crippen molar-refractivity contribution in [3.8, 4) is 5.69 Å². The van der Waals surface area contributed by atoms with Crippen molar-refractivity contribution in [1.29, 1.82) is 0 Å². The third kappa shape index (κ3) is 3.28. The van der Waals surface area contributed by atoms with E-state index in [-0.39, 0.29) is 18.7 Å². The monoisotopic (exact) mass is 328 g/mol.